The summed E-state index contributed by atoms with van der Waals surface area (Å²) in [4.78, 5) is 0. The summed E-state index contributed by atoms with van der Waals surface area (Å²) in [7, 11) is 0. The minimum Gasteiger partial charge on any atom is -0.398 e. The Morgan fingerprint density at radius 2 is 1.91 bits per heavy atom. The Morgan fingerprint density at radius 3 is 2.55 bits per heavy atom. The monoisotopic (exact) mass is 149 g/mol. The van der Waals surface area contributed by atoms with Crippen LogP contribution in [0, 0.1) is 0 Å². The molecule has 11 heavy (non-hydrogen) atoms. The molecule has 1 nitrogen and oxygen atoms in total. The van der Waals surface area contributed by atoms with Gasteiger partial charge >= 0.3 is 0 Å². The average Bonchev–Trinajstić information content (AvgIpc) is 2.05. The predicted octanol–water partition coefficient (Wildman–Crippen LogP) is 2.52. The quantitative estimate of drug-likeness (QED) is 0.562. The fraction of sp³-hybridized carbons (Fsp3) is 0.400. The zero-order chi connectivity index (χ0) is 8.43. The van der Waals surface area contributed by atoms with Gasteiger partial charge in [-0.05, 0) is 38.3 Å². The minimum absolute atomic E-state index is 0.932. The molecule has 0 amide bonds. The van der Waals surface area contributed by atoms with Crippen LogP contribution in [0.25, 0.3) is 0 Å². The van der Waals surface area contributed by atoms with Crippen LogP contribution in [0.5, 0.6) is 0 Å². The fourth-order valence-electron chi connectivity index (χ4n) is 1.24. The zero-order valence-electron chi connectivity index (χ0n) is 7.44. The molecule has 0 saturated heterocycles. The third-order valence-corrected chi connectivity index (χ3v) is 2.04. The third kappa shape index (κ3) is 1.73. The molecule has 0 aromatic rings. The van der Waals surface area contributed by atoms with E-state index in [1.165, 1.54) is 16.7 Å². The van der Waals surface area contributed by atoms with Crippen molar-refractivity contribution in [1.29, 1.82) is 0 Å². The summed E-state index contributed by atoms with van der Waals surface area (Å²) in [6.07, 6.45) is 5.36. The molecule has 0 aromatic carbocycles. The van der Waals surface area contributed by atoms with Crippen molar-refractivity contribution in [3.8, 4) is 0 Å². The second-order valence-corrected chi connectivity index (χ2v) is 3.18. The van der Waals surface area contributed by atoms with Crippen LogP contribution in [0.1, 0.15) is 27.2 Å². The van der Waals surface area contributed by atoms with Crippen LogP contribution in [0.15, 0.2) is 34.6 Å². The van der Waals surface area contributed by atoms with Crippen molar-refractivity contribution in [2.75, 3.05) is 0 Å². The van der Waals surface area contributed by atoms with E-state index in [9.17, 15) is 0 Å². The summed E-state index contributed by atoms with van der Waals surface area (Å²) in [5.74, 6) is 0. The molecule has 0 fully saturated rings. The fourth-order valence-corrected chi connectivity index (χ4v) is 1.24. The first-order valence-corrected chi connectivity index (χ1v) is 3.92. The molecule has 0 aliphatic heterocycles. The Morgan fingerprint density at radius 1 is 1.27 bits per heavy atom. The number of rotatable bonds is 0. The molecule has 1 aliphatic carbocycles. The molecule has 60 valence electrons. The Labute approximate surface area is 68.3 Å². The van der Waals surface area contributed by atoms with Crippen LogP contribution in [-0.4, -0.2) is 0 Å². The van der Waals surface area contributed by atoms with Crippen molar-refractivity contribution < 1.29 is 0 Å². The highest BCUT2D eigenvalue weighted by Crippen LogP contribution is 2.18. The summed E-state index contributed by atoms with van der Waals surface area (Å²) < 4.78 is 0. The molecular weight excluding hydrogens is 134 g/mol. The molecule has 1 aliphatic rings. The predicted molar refractivity (Wildman–Crippen MR) is 49.0 cm³/mol. The minimum atomic E-state index is 0.932. The zero-order valence-corrected chi connectivity index (χ0v) is 7.44. The molecular formula is C10H15N. The lowest BCUT2D eigenvalue weighted by Crippen LogP contribution is -2.00. The highest BCUT2D eigenvalue weighted by molar-refractivity contribution is 5.40. The molecule has 1 rings (SSSR count). The molecule has 0 atom stereocenters. The van der Waals surface area contributed by atoms with Gasteiger partial charge in [0.15, 0.2) is 0 Å². The second kappa shape index (κ2) is 2.95. The Balaban J connectivity index is 3.08. The van der Waals surface area contributed by atoms with E-state index in [4.69, 9.17) is 5.73 Å². The molecule has 1 heteroatoms. The maximum Gasteiger partial charge on any atom is 0.0370 e. The van der Waals surface area contributed by atoms with Gasteiger partial charge in [0.05, 0.1) is 0 Å². The molecule has 0 spiro atoms. The van der Waals surface area contributed by atoms with E-state index < -0.39 is 0 Å². The summed E-state index contributed by atoms with van der Waals surface area (Å²) >= 11 is 0. The van der Waals surface area contributed by atoms with Crippen molar-refractivity contribution in [2.24, 2.45) is 5.73 Å². The van der Waals surface area contributed by atoms with Crippen LogP contribution in [-0.2, 0) is 0 Å². The van der Waals surface area contributed by atoms with Gasteiger partial charge in [-0.3, -0.25) is 0 Å². The van der Waals surface area contributed by atoms with Gasteiger partial charge in [-0.15, -0.1) is 0 Å². The van der Waals surface area contributed by atoms with E-state index in [2.05, 4.69) is 32.9 Å². The molecule has 0 aromatic heterocycles. The topological polar surface area (TPSA) is 26.0 Å². The summed E-state index contributed by atoms with van der Waals surface area (Å²) in [5.41, 5.74) is 10.6. The van der Waals surface area contributed by atoms with Crippen LogP contribution in [0.4, 0.5) is 0 Å². The van der Waals surface area contributed by atoms with Gasteiger partial charge in [0.1, 0.15) is 0 Å². The van der Waals surface area contributed by atoms with E-state index in [0.29, 0.717) is 0 Å². The van der Waals surface area contributed by atoms with Gasteiger partial charge in [0.2, 0.25) is 0 Å². The summed E-state index contributed by atoms with van der Waals surface area (Å²) in [6, 6.07) is 0. The first kappa shape index (κ1) is 8.12. The summed E-state index contributed by atoms with van der Waals surface area (Å²) in [6.45, 7) is 6.25. The largest absolute Gasteiger partial charge is 0.398 e. The van der Waals surface area contributed by atoms with E-state index in [1.54, 1.807) is 0 Å². The smallest absolute Gasteiger partial charge is 0.0370 e. The SMILES string of the molecule is CC1=CC(C)=C(N)C(C)=CC1. The Kier molecular flexibility index (Phi) is 2.18. The van der Waals surface area contributed by atoms with Crippen molar-refractivity contribution in [2.45, 2.75) is 27.2 Å². The second-order valence-electron chi connectivity index (χ2n) is 3.18. The van der Waals surface area contributed by atoms with Crippen molar-refractivity contribution in [3.05, 3.63) is 34.6 Å². The van der Waals surface area contributed by atoms with Gasteiger partial charge in [0, 0.05) is 5.70 Å². The molecule has 0 radical (unpaired) electrons. The number of nitrogens with two attached hydrogens (primary N) is 1. The van der Waals surface area contributed by atoms with E-state index >= 15 is 0 Å². The Bertz CT molecular complexity index is 254. The van der Waals surface area contributed by atoms with Gasteiger partial charge in [-0.2, -0.15) is 0 Å². The van der Waals surface area contributed by atoms with Crippen molar-refractivity contribution in [3.63, 3.8) is 0 Å². The molecule has 0 bridgehead atoms. The van der Waals surface area contributed by atoms with Crippen LogP contribution >= 0.6 is 0 Å². The van der Waals surface area contributed by atoms with Gasteiger partial charge in [-0.25, -0.2) is 0 Å². The van der Waals surface area contributed by atoms with Gasteiger partial charge < -0.3 is 5.73 Å². The average molecular weight is 149 g/mol. The lowest BCUT2D eigenvalue weighted by molar-refractivity contribution is 1.19. The first-order chi connectivity index (χ1) is 5.11. The van der Waals surface area contributed by atoms with Crippen molar-refractivity contribution in [1.82, 2.24) is 0 Å². The molecule has 0 heterocycles. The van der Waals surface area contributed by atoms with E-state index in [-0.39, 0.29) is 0 Å². The highest BCUT2D eigenvalue weighted by atomic mass is 14.6. The maximum absolute atomic E-state index is 5.85. The Hall–Kier alpha value is -0.980. The standard InChI is InChI=1S/C10H15N/c1-7-4-5-8(2)10(11)9(3)6-7/h5-6H,4,11H2,1-3H3. The van der Waals surface area contributed by atoms with Crippen LogP contribution < -0.4 is 5.73 Å². The maximum atomic E-state index is 5.85. The third-order valence-electron chi connectivity index (χ3n) is 2.04. The van der Waals surface area contributed by atoms with Gasteiger partial charge in [-0.1, -0.05) is 17.7 Å². The van der Waals surface area contributed by atoms with Crippen LogP contribution in [0.2, 0.25) is 0 Å². The number of hydrogen-bond donors (Lipinski definition) is 1. The van der Waals surface area contributed by atoms with E-state index in [1.807, 2.05) is 0 Å². The van der Waals surface area contributed by atoms with Crippen LogP contribution in [0.3, 0.4) is 0 Å². The molecule has 0 saturated carbocycles. The molecule has 0 unspecified atom stereocenters. The van der Waals surface area contributed by atoms with Crippen molar-refractivity contribution >= 4 is 0 Å². The van der Waals surface area contributed by atoms with Gasteiger partial charge in [0.25, 0.3) is 0 Å². The number of allylic oxidation sites excluding steroid dienone is 5. The normalized spacial score (nSPS) is 19.2. The summed E-state index contributed by atoms with van der Waals surface area (Å²) in [5, 5.41) is 0. The lowest BCUT2D eigenvalue weighted by atomic mass is 10.1. The first-order valence-electron chi connectivity index (χ1n) is 3.92. The van der Waals surface area contributed by atoms with E-state index in [0.717, 1.165) is 12.1 Å². The number of hydrogen-bond acceptors (Lipinski definition) is 1. The highest BCUT2D eigenvalue weighted by Gasteiger charge is 2.02. The molecule has 2 N–H and O–H groups in total. The lowest BCUT2D eigenvalue weighted by Gasteiger charge is -2.01.